The van der Waals surface area contributed by atoms with Gasteiger partial charge in [-0.15, -0.1) is 0 Å². The number of ketones is 1. The number of hydrogen-bond acceptors (Lipinski definition) is 5. The topological polar surface area (TPSA) is 61.8 Å². The highest BCUT2D eigenvalue weighted by Gasteiger charge is 2.29. The zero-order valence-electron chi connectivity index (χ0n) is 15.2. The number of Topliss-reactive ketones (excluding diaryl/α,β-unsaturated/α-hetero) is 1. The molecule has 0 bridgehead atoms. The highest BCUT2D eigenvalue weighted by atomic mass is 16.5. The first-order valence-electron chi connectivity index (χ1n) is 8.22. The Morgan fingerprint density at radius 2 is 1.69 bits per heavy atom. The number of carbonyl (C=O) groups is 2. The van der Waals surface area contributed by atoms with Gasteiger partial charge in [0.1, 0.15) is 17.2 Å². The summed E-state index contributed by atoms with van der Waals surface area (Å²) in [5.41, 5.74) is 0.649. The molecule has 0 N–H and O–H groups in total. The summed E-state index contributed by atoms with van der Waals surface area (Å²) in [5, 5.41) is 0. The smallest absolute Gasteiger partial charge is 0.316 e. The monoisotopic (exact) mass is 352 g/mol. The molecule has 0 atom stereocenters. The van der Waals surface area contributed by atoms with Gasteiger partial charge in [-0.25, -0.2) is 0 Å². The summed E-state index contributed by atoms with van der Waals surface area (Å²) in [7, 11) is 1.60. The molecule has 0 unspecified atom stereocenters. The van der Waals surface area contributed by atoms with E-state index in [1.165, 1.54) is 0 Å². The molecule has 2 aromatic carbocycles. The Morgan fingerprint density at radius 3 is 2.31 bits per heavy atom. The number of hydrogen-bond donors (Lipinski definition) is 0. The van der Waals surface area contributed by atoms with Gasteiger partial charge in [-0.2, -0.15) is 0 Å². The highest BCUT2D eigenvalue weighted by Crippen LogP contribution is 2.35. The van der Waals surface area contributed by atoms with Crippen molar-refractivity contribution in [2.45, 2.75) is 20.8 Å². The lowest BCUT2D eigenvalue weighted by atomic mass is 9.97. The lowest BCUT2D eigenvalue weighted by molar-refractivity contribution is -0.143. The van der Waals surface area contributed by atoms with Crippen molar-refractivity contribution in [3.05, 3.63) is 59.4 Å². The average Bonchev–Trinajstić information content (AvgIpc) is 2.90. The Labute approximate surface area is 152 Å². The minimum atomic E-state index is -0.616. The second-order valence-corrected chi connectivity index (χ2v) is 7.01. The van der Waals surface area contributed by atoms with Gasteiger partial charge in [-0.1, -0.05) is 12.1 Å². The SMILES string of the molecule is COc1ccc(/C=C2\Oc3cc(OC(=O)C(C)(C)C)ccc3C2=O)cc1. The molecular formula is C21H20O5. The second-order valence-electron chi connectivity index (χ2n) is 7.01. The fourth-order valence-corrected chi connectivity index (χ4v) is 2.34. The van der Waals surface area contributed by atoms with E-state index in [-0.39, 0.29) is 17.5 Å². The van der Waals surface area contributed by atoms with Crippen LogP contribution in [0.15, 0.2) is 48.2 Å². The molecule has 1 heterocycles. The van der Waals surface area contributed by atoms with Gasteiger partial charge in [0, 0.05) is 6.07 Å². The third-order valence-corrected chi connectivity index (χ3v) is 3.88. The van der Waals surface area contributed by atoms with Crippen LogP contribution in [0.1, 0.15) is 36.7 Å². The number of esters is 1. The predicted molar refractivity (Wildman–Crippen MR) is 97.5 cm³/mol. The normalized spacial score (nSPS) is 14.8. The third-order valence-electron chi connectivity index (χ3n) is 3.88. The molecule has 1 aliphatic rings. The maximum Gasteiger partial charge on any atom is 0.316 e. The first kappa shape index (κ1) is 17.7. The molecule has 3 rings (SSSR count). The van der Waals surface area contributed by atoms with Crippen molar-refractivity contribution in [1.29, 1.82) is 0 Å². The molecule has 0 amide bonds. The number of fused-ring (bicyclic) bond motifs is 1. The molecule has 0 spiro atoms. The van der Waals surface area contributed by atoms with Crippen LogP contribution in [0.2, 0.25) is 0 Å². The third kappa shape index (κ3) is 3.61. The molecule has 2 aromatic rings. The number of rotatable bonds is 3. The van der Waals surface area contributed by atoms with Gasteiger partial charge >= 0.3 is 5.97 Å². The van der Waals surface area contributed by atoms with Crippen LogP contribution in [-0.2, 0) is 4.79 Å². The number of methoxy groups -OCH3 is 1. The summed E-state index contributed by atoms with van der Waals surface area (Å²) in [6.45, 7) is 5.33. The van der Waals surface area contributed by atoms with Crippen LogP contribution in [0, 0.1) is 5.41 Å². The lowest BCUT2D eigenvalue weighted by Crippen LogP contribution is -2.25. The number of carbonyl (C=O) groups excluding carboxylic acids is 2. The van der Waals surface area contributed by atoms with E-state index >= 15 is 0 Å². The Morgan fingerprint density at radius 1 is 1.04 bits per heavy atom. The van der Waals surface area contributed by atoms with Gasteiger partial charge in [0.2, 0.25) is 5.78 Å². The summed E-state index contributed by atoms with van der Waals surface area (Å²) in [6, 6.07) is 12.1. The van der Waals surface area contributed by atoms with E-state index in [1.54, 1.807) is 52.2 Å². The fourth-order valence-electron chi connectivity index (χ4n) is 2.34. The van der Waals surface area contributed by atoms with E-state index in [9.17, 15) is 9.59 Å². The second kappa shape index (κ2) is 6.67. The van der Waals surface area contributed by atoms with Gasteiger partial charge in [-0.3, -0.25) is 9.59 Å². The van der Waals surface area contributed by atoms with Crippen molar-refractivity contribution in [3.8, 4) is 17.2 Å². The van der Waals surface area contributed by atoms with Crippen LogP contribution < -0.4 is 14.2 Å². The largest absolute Gasteiger partial charge is 0.497 e. The Balaban J connectivity index is 1.82. The van der Waals surface area contributed by atoms with Gasteiger partial charge in [0.25, 0.3) is 0 Å². The maximum atomic E-state index is 12.5. The first-order chi connectivity index (χ1) is 12.3. The number of allylic oxidation sites excluding steroid dienone is 1. The standard InChI is InChI=1S/C21H20O5/c1-21(2,3)20(23)25-15-9-10-16-17(12-15)26-18(19(16)22)11-13-5-7-14(24-4)8-6-13/h5-12H,1-4H3/b18-11-. The molecule has 0 aliphatic carbocycles. The summed E-state index contributed by atoms with van der Waals surface area (Å²) in [4.78, 5) is 24.5. The highest BCUT2D eigenvalue weighted by molar-refractivity contribution is 6.14. The van der Waals surface area contributed by atoms with Gasteiger partial charge in [-0.05, 0) is 56.7 Å². The zero-order chi connectivity index (χ0) is 18.9. The van der Waals surface area contributed by atoms with Crippen molar-refractivity contribution in [3.63, 3.8) is 0 Å². The summed E-state index contributed by atoms with van der Waals surface area (Å²) in [6.07, 6.45) is 1.67. The molecule has 0 radical (unpaired) electrons. The Kier molecular flexibility index (Phi) is 4.55. The maximum absolute atomic E-state index is 12.5. The van der Waals surface area contributed by atoms with E-state index < -0.39 is 5.41 Å². The fraction of sp³-hybridized carbons (Fsp3) is 0.238. The van der Waals surface area contributed by atoms with Crippen molar-refractivity contribution in [2.75, 3.05) is 7.11 Å². The van der Waals surface area contributed by atoms with Crippen LogP contribution in [0.3, 0.4) is 0 Å². The molecule has 134 valence electrons. The summed E-state index contributed by atoms with van der Waals surface area (Å²) in [5.74, 6) is 1.14. The Bertz CT molecular complexity index is 886. The number of ether oxygens (including phenoxy) is 3. The molecular weight excluding hydrogens is 332 g/mol. The van der Waals surface area contributed by atoms with E-state index in [4.69, 9.17) is 14.2 Å². The molecule has 1 aliphatic heterocycles. The predicted octanol–water partition coefficient (Wildman–Crippen LogP) is 4.26. The average molecular weight is 352 g/mol. The van der Waals surface area contributed by atoms with Gasteiger partial charge in [0.05, 0.1) is 18.1 Å². The molecule has 0 aromatic heterocycles. The van der Waals surface area contributed by atoms with E-state index in [0.29, 0.717) is 17.1 Å². The van der Waals surface area contributed by atoms with E-state index in [2.05, 4.69) is 0 Å². The summed E-state index contributed by atoms with van der Waals surface area (Å²) >= 11 is 0. The van der Waals surface area contributed by atoms with Crippen LogP contribution in [0.5, 0.6) is 17.2 Å². The van der Waals surface area contributed by atoms with Crippen LogP contribution >= 0.6 is 0 Å². The lowest BCUT2D eigenvalue weighted by Gasteiger charge is -2.16. The molecule has 5 heteroatoms. The quantitative estimate of drug-likeness (QED) is 0.469. The van der Waals surface area contributed by atoms with Crippen molar-refractivity contribution >= 4 is 17.8 Å². The van der Waals surface area contributed by atoms with E-state index in [0.717, 1.165) is 11.3 Å². The summed E-state index contributed by atoms with van der Waals surface area (Å²) < 4.78 is 16.2. The van der Waals surface area contributed by atoms with Crippen LogP contribution in [0.4, 0.5) is 0 Å². The van der Waals surface area contributed by atoms with Crippen LogP contribution in [-0.4, -0.2) is 18.9 Å². The first-order valence-corrected chi connectivity index (χ1v) is 8.22. The minimum absolute atomic E-state index is 0.204. The number of benzene rings is 2. The van der Waals surface area contributed by atoms with Crippen molar-refractivity contribution in [1.82, 2.24) is 0 Å². The molecule has 0 fully saturated rings. The molecule has 5 nitrogen and oxygen atoms in total. The van der Waals surface area contributed by atoms with Gasteiger partial charge in [0.15, 0.2) is 5.76 Å². The molecule has 26 heavy (non-hydrogen) atoms. The van der Waals surface area contributed by atoms with Gasteiger partial charge < -0.3 is 14.2 Å². The molecule has 0 saturated heterocycles. The van der Waals surface area contributed by atoms with E-state index in [1.807, 2.05) is 24.3 Å². The van der Waals surface area contributed by atoms with Crippen LogP contribution in [0.25, 0.3) is 6.08 Å². The molecule has 0 saturated carbocycles. The Hall–Kier alpha value is -3.08. The minimum Gasteiger partial charge on any atom is -0.497 e. The van der Waals surface area contributed by atoms with Crippen molar-refractivity contribution in [2.24, 2.45) is 5.41 Å². The van der Waals surface area contributed by atoms with Crippen molar-refractivity contribution < 1.29 is 23.8 Å². The zero-order valence-corrected chi connectivity index (χ0v) is 15.2.